The summed E-state index contributed by atoms with van der Waals surface area (Å²) in [6, 6.07) is 0. The van der Waals surface area contributed by atoms with Crippen LogP contribution >= 0.6 is 15.9 Å². The predicted molar refractivity (Wildman–Crippen MR) is 43.5 cm³/mol. The Morgan fingerprint density at radius 2 is 2.40 bits per heavy atom. The molecule has 10 heavy (non-hydrogen) atoms. The zero-order chi connectivity index (χ0) is 7.56. The van der Waals surface area contributed by atoms with E-state index in [0.29, 0.717) is 10.6 Å². The second-order valence-corrected chi connectivity index (χ2v) is 2.61. The summed E-state index contributed by atoms with van der Waals surface area (Å²) < 4.78 is 0.544. The Bertz CT molecular complexity index is 236. The average Bonchev–Trinajstić information content (AvgIpc) is 1.88. The monoisotopic (exact) mass is 201 g/mol. The molecule has 1 heterocycles. The van der Waals surface area contributed by atoms with E-state index in [1.165, 1.54) is 0 Å². The van der Waals surface area contributed by atoms with E-state index in [4.69, 9.17) is 5.73 Å². The number of aromatic nitrogens is 2. The third-order valence-electron chi connectivity index (χ3n) is 1.25. The first-order chi connectivity index (χ1) is 4.74. The lowest BCUT2D eigenvalue weighted by atomic mass is 10.2. The van der Waals surface area contributed by atoms with Crippen molar-refractivity contribution in [3.63, 3.8) is 0 Å². The molecule has 0 aliphatic carbocycles. The van der Waals surface area contributed by atoms with E-state index in [2.05, 4.69) is 25.9 Å². The fourth-order valence-electron chi connectivity index (χ4n) is 0.670. The van der Waals surface area contributed by atoms with Crippen LogP contribution in [-0.4, -0.2) is 9.97 Å². The maximum Gasteiger partial charge on any atom is 0.198 e. The Morgan fingerprint density at radius 1 is 1.70 bits per heavy atom. The van der Waals surface area contributed by atoms with Gasteiger partial charge in [-0.2, -0.15) is 0 Å². The topological polar surface area (TPSA) is 51.8 Å². The molecule has 0 aromatic carbocycles. The summed E-state index contributed by atoms with van der Waals surface area (Å²) in [5, 5.41) is 0. The lowest BCUT2D eigenvalue weighted by Crippen LogP contribution is -1.98. The minimum atomic E-state index is 0.544. The fraction of sp³-hybridized carbons (Fsp3) is 0.333. The predicted octanol–water partition coefficient (Wildman–Crippen LogP) is 1.38. The van der Waals surface area contributed by atoms with Crippen LogP contribution < -0.4 is 5.73 Å². The molecule has 1 aromatic rings. The van der Waals surface area contributed by atoms with Crippen molar-refractivity contribution in [2.75, 3.05) is 5.73 Å². The molecule has 0 aliphatic rings. The second-order valence-electron chi connectivity index (χ2n) is 1.90. The smallest absolute Gasteiger partial charge is 0.198 e. The summed E-state index contributed by atoms with van der Waals surface area (Å²) in [5.74, 6) is 0.560. The van der Waals surface area contributed by atoms with Crippen LogP contribution in [0.3, 0.4) is 0 Å². The molecule has 4 heteroatoms. The van der Waals surface area contributed by atoms with Crippen molar-refractivity contribution >= 4 is 21.7 Å². The van der Waals surface area contributed by atoms with E-state index < -0.39 is 0 Å². The number of rotatable bonds is 1. The van der Waals surface area contributed by atoms with Crippen molar-refractivity contribution in [1.82, 2.24) is 9.97 Å². The lowest BCUT2D eigenvalue weighted by Gasteiger charge is -1.98. The number of halogens is 1. The van der Waals surface area contributed by atoms with Gasteiger partial charge in [-0.3, -0.25) is 0 Å². The molecule has 1 aromatic heterocycles. The molecular formula is C6H8BrN3. The second kappa shape index (κ2) is 2.96. The summed E-state index contributed by atoms with van der Waals surface area (Å²) >= 11 is 3.12. The Morgan fingerprint density at radius 3 is 2.90 bits per heavy atom. The van der Waals surface area contributed by atoms with Gasteiger partial charge in [-0.25, -0.2) is 9.97 Å². The zero-order valence-electron chi connectivity index (χ0n) is 5.63. The van der Waals surface area contributed by atoms with Crippen LogP contribution in [0.25, 0.3) is 0 Å². The third kappa shape index (κ3) is 1.44. The summed E-state index contributed by atoms with van der Waals surface area (Å²) in [7, 11) is 0. The molecule has 1 rings (SSSR count). The number of aryl methyl sites for hydroxylation is 1. The molecule has 0 fully saturated rings. The first-order valence-corrected chi connectivity index (χ1v) is 3.80. The van der Waals surface area contributed by atoms with Crippen molar-refractivity contribution in [3.8, 4) is 0 Å². The summed E-state index contributed by atoms with van der Waals surface area (Å²) in [5.41, 5.74) is 6.54. The zero-order valence-corrected chi connectivity index (χ0v) is 7.22. The van der Waals surface area contributed by atoms with Gasteiger partial charge in [-0.15, -0.1) is 0 Å². The Kier molecular flexibility index (Phi) is 2.21. The highest BCUT2D eigenvalue weighted by Crippen LogP contribution is 2.10. The third-order valence-corrected chi connectivity index (χ3v) is 1.63. The average molecular weight is 202 g/mol. The van der Waals surface area contributed by atoms with Crippen LogP contribution in [0.1, 0.15) is 12.5 Å². The fourth-order valence-corrected chi connectivity index (χ4v) is 0.963. The Labute approximate surface area is 67.8 Å². The Balaban J connectivity index is 3.07. The highest BCUT2D eigenvalue weighted by Gasteiger charge is 1.97. The lowest BCUT2D eigenvalue weighted by molar-refractivity contribution is 1.03. The minimum Gasteiger partial charge on any atom is -0.383 e. The standard InChI is InChI=1S/C6H8BrN3/c1-2-4-3-9-6(7)10-5(4)8/h3H,2H2,1H3,(H2,8,9,10). The summed E-state index contributed by atoms with van der Waals surface area (Å²) in [4.78, 5) is 7.86. The number of nitrogens with two attached hydrogens (primary N) is 1. The van der Waals surface area contributed by atoms with Gasteiger partial charge in [0.2, 0.25) is 0 Å². The molecule has 2 N–H and O–H groups in total. The van der Waals surface area contributed by atoms with Crippen LogP contribution in [0.15, 0.2) is 10.9 Å². The van der Waals surface area contributed by atoms with Gasteiger partial charge >= 0.3 is 0 Å². The van der Waals surface area contributed by atoms with E-state index in [0.717, 1.165) is 12.0 Å². The number of hydrogen-bond acceptors (Lipinski definition) is 3. The molecular weight excluding hydrogens is 194 g/mol. The maximum atomic E-state index is 5.55. The van der Waals surface area contributed by atoms with Gasteiger partial charge in [0.1, 0.15) is 5.82 Å². The summed E-state index contributed by atoms with van der Waals surface area (Å²) in [6.45, 7) is 2.02. The van der Waals surface area contributed by atoms with Gasteiger partial charge in [-0.1, -0.05) is 6.92 Å². The molecule has 0 bridgehead atoms. The van der Waals surface area contributed by atoms with E-state index in [9.17, 15) is 0 Å². The first kappa shape index (κ1) is 7.47. The van der Waals surface area contributed by atoms with E-state index in [1.807, 2.05) is 6.92 Å². The van der Waals surface area contributed by atoms with Gasteiger partial charge in [0.05, 0.1) is 0 Å². The van der Waals surface area contributed by atoms with E-state index in [-0.39, 0.29) is 0 Å². The molecule has 0 spiro atoms. The summed E-state index contributed by atoms with van der Waals surface area (Å²) in [6.07, 6.45) is 2.60. The van der Waals surface area contributed by atoms with Gasteiger partial charge in [0, 0.05) is 11.8 Å². The van der Waals surface area contributed by atoms with Gasteiger partial charge in [0.25, 0.3) is 0 Å². The Hall–Kier alpha value is -0.640. The van der Waals surface area contributed by atoms with Crippen molar-refractivity contribution < 1.29 is 0 Å². The van der Waals surface area contributed by atoms with Crippen molar-refractivity contribution in [1.29, 1.82) is 0 Å². The van der Waals surface area contributed by atoms with Crippen molar-refractivity contribution in [3.05, 3.63) is 16.5 Å². The highest BCUT2D eigenvalue weighted by atomic mass is 79.9. The van der Waals surface area contributed by atoms with E-state index in [1.54, 1.807) is 6.20 Å². The molecule has 0 radical (unpaired) electrons. The minimum absolute atomic E-state index is 0.544. The molecule has 54 valence electrons. The van der Waals surface area contributed by atoms with Crippen molar-refractivity contribution in [2.45, 2.75) is 13.3 Å². The molecule has 0 amide bonds. The molecule has 0 saturated heterocycles. The van der Waals surface area contributed by atoms with Gasteiger partial charge in [0.15, 0.2) is 4.73 Å². The number of nitrogen functional groups attached to an aromatic ring is 1. The largest absolute Gasteiger partial charge is 0.383 e. The normalized spacial score (nSPS) is 9.80. The van der Waals surface area contributed by atoms with Crippen molar-refractivity contribution in [2.24, 2.45) is 0 Å². The van der Waals surface area contributed by atoms with Gasteiger partial charge < -0.3 is 5.73 Å². The quantitative estimate of drug-likeness (QED) is 0.700. The maximum absolute atomic E-state index is 5.55. The van der Waals surface area contributed by atoms with Crippen LogP contribution in [-0.2, 0) is 6.42 Å². The highest BCUT2D eigenvalue weighted by molar-refractivity contribution is 9.10. The van der Waals surface area contributed by atoms with Crippen LogP contribution in [0, 0.1) is 0 Å². The molecule has 3 nitrogen and oxygen atoms in total. The molecule has 0 aliphatic heterocycles. The van der Waals surface area contributed by atoms with Crippen LogP contribution in [0.4, 0.5) is 5.82 Å². The molecule has 0 saturated carbocycles. The van der Waals surface area contributed by atoms with E-state index >= 15 is 0 Å². The number of anilines is 1. The molecule has 0 unspecified atom stereocenters. The first-order valence-electron chi connectivity index (χ1n) is 3.01. The molecule has 0 atom stereocenters. The SMILES string of the molecule is CCc1cnc(Br)nc1N. The van der Waals surface area contributed by atoms with Gasteiger partial charge in [-0.05, 0) is 22.4 Å². The number of nitrogens with zero attached hydrogens (tertiary/aromatic N) is 2. The van der Waals surface area contributed by atoms with Crippen LogP contribution in [0.5, 0.6) is 0 Å². The van der Waals surface area contributed by atoms with Crippen LogP contribution in [0.2, 0.25) is 0 Å². The number of hydrogen-bond donors (Lipinski definition) is 1.